The number of amides is 1. The van der Waals surface area contributed by atoms with Crippen molar-refractivity contribution < 1.29 is 9.18 Å². The number of fused-ring (bicyclic) bond motifs is 1. The number of nitrogens with one attached hydrogen (secondary N) is 1. The molecule has 140 valence electrons. The first-order valence-electron chi connectivity index (χ1n) is 8.63. The van der Waals surface area contributed by atoms with Crippen molar-refractivity contribution in [3.05, 3.63) is 69.8 Å². The molecule has 0 spiro atoms. The smallest absolute Gasteiger partial charge is 0.262 e. The molecule has 0 saturated carbocycles. The molecule has 3 aromatic rings. The Morgan fingerprint density at radius 3 is 2.78 bits per heavy atom. The van der Waals surface area contributed by atoms with E-state index in [9.17, 15) is 14.0 Å². The van der Waals surface area contributed by atoms with Gasteiger partial charge in [0.1, 0.15) is 5.82 Å². The lowest BCUT2D eigenvalue weighted by atomic mass is 10.1. The third kappa shape index (κ3) is 4.36. The minimum absolute atomic E-state index is 0.110. The van der Waals surface area contributed by atoms with E-state index in [-0.39, 0.29) is 29.6 Å². The minimum atomic E-state index is -0.288. The zero-order chi connectivity index (χ0) is 19.4. The molecule has 0 saturated heterocycles. The summed E-state index contributed by atoms with van der Waals surface area (Å²) in [6.45, 7) is 4.29. The second-order valence-corrected chi connectivity index (χ2v) is 7.05. The van der Waals surface area contributed by atoms with Gasteiger partial charge < -0.3 is 5.32 Å². The monoisotopic (exact) mass is 385 g/mol. The number of halogens is 1. The Balaban J connectivity index is 1.68. The highest BCUT2D eigenvalue weighted by Crippen LogP contribution is 2.17. The first-order chi connectivity index (χ1) is 13.0. The van der Waals surface area contributed by atoms with Gasteiger partial charge in [0.05, 0.1) is 16.7 Å². The molecule has 0 bridgehead atoms. The van der Waals surface area contributed by atoms with E-state index < -0.39 is 0 Å². The number of hydrogen-bond acceptors (Lipinski definition) is 4. The lowest BCUT2D eigenvalue weighted by Gasteiger charge is -2.11. The Kier molecular flexibility index (Phi) is 5.91. The first-order valence-corrected chi connectivity index (χ1v) is 9.62. The average Bonchev–Trinajstić information content (AvgIpc) is 2.67. The Morgan fingerprint density at radius 2 is 2.04 bits per heavy atom. The zero-order valence-corrected chi connectivity index (χ0v) is 16.0. The predicted octanol–water partition coefficient (Wildman–Crippen LogP) is 3.27. The number of thioether (sulfide) groups is 1. The third-order valence-electron chi connectivity index (χ3n) is 4.20. The van der Waals surface area contributed by atoms with Gasteiger partial charge in [-0.3, -0.25) is 14.2 Å². The van der Waals surface area contributed by atoms with Crippen LogP contribution in [-0.4, -0.2) is 21.2 Å². The number of carbonyl (C=O) groups excluding carboxylic acids is 1. The van der Waals surface area contributed by atoms with E-state index in [1.165, 1.54) is 17.8 Å². The molecule has 0 fully saturated rings. The first kappa shape index (κ1) is 19.1. The highest BCUT2D eigenvalue weighted by molar-refractivity contribution is 7.99. The largest absolute Gasteiger partial charge is 0.351 e. The Morgan fingerprint density at radius 1 is 1.26 bits per heavy atom. The normalized spacial score (nSPS) is 10.9. The summed E-state index contributed by atoms with van der Waals surface area (Å²) in [5.74, 6) is -0.367. The van der Waals surface area contributed by atoms with Crippen LogP contribution in [0.15, 0.2) is 52.4 Å². The van der Waals surface area contributed by atoms with Crippen molar-refractivity contribution >= 4 is 28.6 Å². The number of hydrogen-bond donors (Lipinski definition) is 1. The average molecular weight is 385 g/mol. The number of aryl methyl sites for hydroxylation is 1. The van der Waals surface area contributed by atoms with Crippen LogP contribution >= 0.6 is 11.8 Å². The van der Waals surface area contributed by atoms with E-state index in [0.717, 1.165) is 0 Å². The third-order valence-corrected chi connectivity index (χ3v) is 5.18. The van der Waals surface area contributed by atoms with Crippen molar-refractivity contribution in [3.63, 3.8) is 0 Å². The van der Waals surface area contributed by atoms with Crippen molar-refractivity contribution in [1.29, 1.82) is 0 Å². The number of nitrogens with zero attached hydrogens (tertiary/aromatic N) is 2. The Labute approximate surface area is 160 Å². The predicted molar refractivity (Wildman–Crippen MR) is 105 cm³/mol. The topological polar surface area (TPSA) is 64.0 Å². The van der Waals surface area contributed by atoms with Crippen LogP contribution in [0.2, 0.25) is 0 Å². The molecule has 27 heavy (non-hydrogen) atoms. The van der Waals surface area contributed by atoms with Gasteiger partial charge in [-0.05, 0) is 43.2 Å². The van der Waals surface area contributed by atoms with E-state index in [2.05, 4.69) is 10.3 Å². The van der Waals surface area contributed by atoms with Crippen LogP contribution in [0.25, 0.3) is 10.9 Å². The number of aromatic nitrogens is 2. The van der Waals surface area contributed by atoms with Crippen molar-refractivity contribution in [2.45, 2.75) is 32.1 Å². The fraction of sp³-hybridized carbons (Fsp3) is 0.250. The maximum Gasteiger partial charge on any atom is 0.262 e. The van der Waals surface area contributed by atoms with Crippen LogP contribution in [0.4, 0.5) is 4.39 Å². The number of carbonyl (C=O) groups is 1. The summed E-state index contributed by atoms with van der Waals surface area (Å²) < 4.78 is 15.1. The fourth-order valence-electron chi connectivity index (χ4n) is 2.66. The van der Waals surface area contributed by atoms with Crippen molar-refractivity contribution in [1.82, 2.24) is 14.9 Å². The van der Waals surface area contributed by atoms with E-state index in [4.69, 9.17) is 0 Å². The molecule has 3 rings (SSSR count). The van der Waals surface area contributed by atoms with E-state index in [1.807, 2.05) is 13.0 Å². The summed E-state index contributed by atoms with van der Waals surface area (Å²) in [5.41, 5.74) is 1.78. The summed E-state index contributed by atoms with van der Waals surface area (Å²) in [6.07, 6.45) is 0. The van der Waals surface area contributed by atoms with E-state index in [0.29, 0.717) is 33.7 Å². The minimum Gasteiger partial charge on any atom is -0.351 e. The molecule has 0 radical (unpaired) electrons. The highest BCUT2D eigenvalue weighted by Gasteiger charge is 2.12. The Bertz CT molecular complexity index is 1050. The van der Waals surface area contributed by atoms with Gasteiger partial charge in [0, 0.05) is 13.1 Å². The summed E-state index contributed by atoms with van der Waals surface area (Å²) in [6, 6.07) is 12.1. The van der Waals surface area contributed by atoms with Crippen LogP contribution in [0.1, 0.15) is 18.1 Å². The molecule has 5 nitrogen and oxygen atoms in total. The molecule has 0 aliphatic rings. The fourth-order valence-corrected chi connectivity index (χ4v) is 3.56. The standard InChI is InChI=1S/C20H20FN3O2S/c1-3-24-19(26)15-6-4-5-7-17(15)23-20(24)27-12-18(25)22-11-14-9-8-13(2)16(21)10-14/h4-10H,3,11-12H2,1-2H3,(H,22,25). The molecule has 0 unspecified atom stereocenters. The van der Waals surface area contributed by atoms with Gasteiger partial charge in [-0.2, -0.15) is 0 Å². The van der Waals surface area contributed by atoms with Gasteiger partial charge in [0.25, 0.3) is 5.56 Å². The lowest BCUT2D eigenvalue weighted by molar-refractivity contribution is -0.118. The molecule has 1 N–H and O–H groups in total. The molecule has 0 aliphatic heterocycles. The zero-order valence-electron chi connectivity index (χ0n) is 15.2. The molecule has 0 aliphatic carbocycles. The molecule has 1 heterocycles. The maximum atomic E-state index is 13.6. The second-order valence-electron chi connectivity index (χ2n) is 6.11. The van der Waals surface area contributed by atoms with Gasteiger partial charge in [-0.1, -0.05) is 36.0 Å². The summed E-state index contributed by atoms with van der Waals surface area (Å²) in [7, 11) is 0. The van der Waals surface area contributed by atoms with Crippen LogP contribution in [0.5, 0.6) is 0 Å². The number of rotatable bonds is 6. The van der Waals surface area contributed by atoms with E-state index >= 15 is 0 Å². The highest BCUT2D eigenvalue weighted by atomic mass is 32.2. The Hall–Kier alpha value is -2.67. The molecule has 1 amide bonds. The summed E-state index contributed by atoms with van der Waals surface area (Å²) >= 11 is 1.22. The molecule has 2 aromatic carbocycles. The van der Waals surface area contributed by atoms with Gasteiger partial charge >= 0.3 is 0 Å². The van der Waals surface area contributed by atoms with Crippen molar-refractivity contribution in [3.8, 4) is 0 Å². The SMILES string of the molecule is CCn1c(SCC(=O)NCc2ccc(C)c(F)c2)nc2ccccc2c1=O. The quantitative estimate of drug-likeness (QED) is 0.523. The van der Waals surface area contributed by atoms with Gasteiger partial charge in [-0.25, -0.2) is 9.37 Å². The molecule has 0 atom stereocenters. The molecular formula is C20H20FN3O2S. The van der Waals surface area contributed by atoms with E-state index in [1.54, 1.807) is 41.8 Å². The summed E-state index contributed by atoms with van der Waals surface area (Å²) in [4.78, 5) is 29.2. The molecule has 7 heteroatoms. The maximum absolute atomic E-state index is 13.6. The van der Waals surface area contributed by atoms with Crippen LogP contribution in [0.3, 0.4) is 0 Å². The lowest BCUT2D eigenvalue weighted by Crippen LogP contribution is -2.26. The van der Waals surface area contributed by atoms with Crippen molar-refractivity contribution in [2.24, 2.45) is 0 Å². The van der Waals surface area contributed by atoms with Crippen LogP contribution < -0.4 is 10.9 Å². The van der Waals surface area contributed by atoms with Gasteiger partial charge in [0.15, 0.2) is 5.16 Å². The van der Waals surface area contributed by atoms with Gasteiger partial charge in [0.2, 0.25) is 5.91 Å². The second kappa shape index (κ2) is 8.35. The van der Waals surface area contributed by atoms with Crippen molar-refractivity contribution in [2.75, 3.05) is 5.75 Å². The molecule has 1 aromatic heterocycles. The number of para-hydroxylation sites is 1. The molecular weight excluding hydrogens is 365 g/mol. The summed E-state index contributed by atoms with van der Waals surface area (Å²) in [5, 5.41) is 3.84. The van der Waals surface area contributed by atoms with Crippen LogP contribution in [0, 0.1) is 12.7 Å². The number of benzene rings is 2. The van der Waals surface area contributed by atoms with Gasteiger partial charge in [-0.15, -0.1) is 0 Å². The van der Waals surface area contributed by atoms with Crippen LogP contribution in [-0.2, 0) is 17.9 Å².